The zero-order valence-corrected chi connectivity index (χ0v) is 12.9. The number of rotatable bonds is 2. The molecule has 0 saturated heterocycles. The largest absolute Gasteiger partial charge is 0.508 e. The van der Waals surface area contributed by atoms with Crippen LogP contribution in [-0.4, -0.2) is 22.0 Å². The number of anilines is 1. The summed E-state index contributed by atoms with van der Waals surface area (Å²) in [6.07, 6.45) is -0.191. The average molecular weight is 307 g/mol. The number of phenols is 1. The van der Waals surface area contributed by atoms with E-state index in [0.717, 1.165) is 28.2 Å². The highest BCUT2D eigenvalue weighted by atomic mass is 16.5. The number of aromatic nitrogens is 2. The standard InChI is InChI=1S/C18H17N3O2/c1-11-9-16-13-5-3-4-6-15(13)19-18(21(16)20-11)14-8-7-12(22)10-17(14)23-2/h3-10,18-19,22H,1-2H3/t18-/m0/s1. The maximum atomic E-state index is 9.70. The Hall–Kier alpha value is -2.95. The monoisotopic (exact) mass is 307 g/mol. The first kappa shape index (κ1) is 13.7. The molecule has 0 fully saturated rings. The normalized spacial score (nSPS) is 15.5. The quantitative estimate of drug-likeness (QED) is 0.760. The van der Waals surface area contributed by atoms with Crippen LogP contribution in [0.3, 0.4) is 0 Å². The smallest absolute Gasteiger partial charge is 0.150 e. The van der Waals surface area contributed by atoms with Gasteiger partial charge in [-0.3, -0.25) is 0 Å². The number of para-hydroxylation sites is 1. The second-order valence-corrected chi connectivity index (χ2v) is 5.63. The molecule has 3 aromatic rings. The van der Waals surface area contributed by atoms with Gasteiger partial charge in [0.1, 0.15) is 11.5 Å². The highest BCUT2D eigenvalue weighted by Crippen LogP contribution is 2.41. The van der Waals surface area contributed by atoms with Crippen LogP contribution in [0.25, 0.3) is 11.3 Å². The molecule has 0 unspecified atom stereocenters. The third kappa shape index (κ3) is 2.12. The van der Waals surface area contributed by atoms with E-state index in [4.69, 9.17) is 4.74 Å². The van der Waals surface area contributed by atoms with Gasteiger partial charge >= 0.3 is 0 Å². The van der Waals surface area contributed by atoms with Crippen LogP contribution in [-0.2, 0) is 0 Å². The lowest BCUT2D eigenvalue weighted by Crippen LogP contribution is -2.26. The van der Waals surface area contributed by atoms with E-state index in [0.29, 0.717) is 5.75 Å². The second-order valence-electron chi connectivity index (χ2n) is 5.63. The molecule has 1 atom stereocenters. The van der Waals surface area contributed by atoms with Crippen molar-refractivity contribution < 1.29 is 9.84 Å². The van der Waals surface area contributed by atoms with Crippen molar-refractivity contribution in [1.82, 2.24) is 9.78 Å². The topological polar surface area (TPSA) is 59.3 Å². The molecule has 4 rings (SSSR count). The lowest BCUT2D eigenvalue weighted by Gasteiger charge is -2.30. The van der Waals surface area contributed by atoms with Crippen LogP contribution in [0.2, 0.25) is 0 Å². The Morgan fingerprint density at radius 3 is 2.83 bits per heavy atom. The van der Waals surface area contributed by atoms with Crippen LogP contribution in [0, 0.1) is 6.92 Å². The third-order valence-electron chi connectivity index (χ3n) is 4.11. The minimum atomic E-state index is -0.191. The van der Waals surface area contributed by atoms with E-state index in [1.54, 1.807) is 19.2 Å². The first-order chi connectivity index (χ1) is 11.2. The van der Waals surface area contributed by atoms with Crippen molar-refractivity contribution in [3.8, 4) is 22.8 Å². The molecule has 1 aromatic heterocycles. The summed E-state index contributed by atoms with van der Waals surface area (Å²) in [5.41, 5.74) is 5.13. The fraction of sp³-hybridized carbons (Fsp3) is 0.167. The van der Waals surface area contributed by atoms with Crippen LogP contribution in [0.4, 0.5) is 5.69 Å². The summed E-state index contributed by atoms with van der Waals surface area (Å²) in [7, 11) is 1.60. The predicted octanol–water partition coefficient (Wildman–Crippen LogP) is 3.55. The SMILES string of the molecule is COc1cc(O)ccc1[C@H]1Nc2ccccc2-c2cc(C)nn21. The van der Waals surface area contributed by atoms with Gasteiger partial charge in [-0.05, 0) is 31.2 Å². The highest BCUT2D eigenvalue weighted by Gasteiger charge is 2.28. The average Bonchev–Trinajstić information content (AvgIpc) is 2.96. The number of phenolic OH excluding ortho intramolecular Hbond substituents is 1. The molecule has 2 aromatic carbocycles. The first-order valence-corrected chi connectivity index (χ1v) is 7.46. The summed E-state index contributed by atoms with van der Waals surface area (Å²) in [6, 6.07) is 15.4. The maximum Gasteiger partial charge on any atom is 0.150 e. The number of methoxy groups -OCH3 is 1. The van der Waals surface area contributed by atoms with Crippen LogP contribution in [0.1, 0.15) is 17.4 Å². The van der Waals surface area contributed by atoms with Gasteiger partial charge in [0.25, 0.3) is 0 Å². The summed E-state index contributed by atoms with van der Waals surface area (Å²) < 4.78 is 7.41. The van der Waals surface area contributed by atoms with Gasteiger partial charge in [-0.15, -0.1) is 0 Å². The summed E-state index contributed by atoms with van der Waals surface area (Å²) in [6.45, 7) is 1.99. The lowest BCUT2D eigenvalue weighted by atomic mass is 10.0. The molecular formula is C18H17N3O2. The molecule has 1 aliphatic rings. The molecule has 5 heteroatoms. The Morgan fingerprint density at radius 2 is 2.00 bits per heavy atom. The molecule has 23 heavy (non-hydrogen) atoms. The summed E-state index contributed by atoms with van der Waals surface area (Å²) in [5, 5.41) is 17.9. The fourth-order valence-electron chi connectivity index (χ4n) is 3.09. The van der Waals surface area contributed by atoms with Crippen molar-refractivity contribution in [3.05, 3.63) is 59.8 Å². The van der Waals surface area contributed by atoms with Crippen molar-refractivity contribution in [2.75, 3.05) is 12.4 Å². The summed E-state index contributed by atoms with van der Waals surface area (Å²) in [4.78, 5) is 0. The highest BCUT2D eigenvalue weighted by molar-refractivity contribution is 5.79. The second kappa shape index (κ2) is 5.05. The van der Waals surface area contributed by atoms with Crippen molar-refractivity contribution in [1.29, 1.82) is 0 Å². The Morgan fingerprint density at radius 1 is 1.17 bits per heavy atom. The summed E-state index contributed by atoms with van der Waals surface area (Å²) in [5.74, 6) is 0.805. The zero-order valence-electron chi connectivity index (χ0n) is 12.9. The number of aryl methyl sites for hydroxylation is 1. The number of benzene rings is 2. The molecule has 1 aliphatic heterocycles. The number of ether oxygens (including phenoxy) is 1. The minimum Gasteiger partial charge on any atom is -0.508 e. The molecule has 5 nitrogen and oxygen atoms in total. The third-order valence-corrected chi connectivity index (χ3v) is 4.11. The molecule has 0 amide bonds. The van der Waals surface area contributed by atoms with Crippen LogP contribution in [0.15, 0.2) is 48.5 Å². The number of hydrogen-bond donors (Lipinski definition) is 2. The number of nitrogens with one attached hydrogen (secondary N) is 1. The van der Waals surface area contributed by atoms with Gasteiger partial charge in [0, 0.05) is 22.9 Å². The molecule has 0 bridgehead atoms. The first-order valence-electron chi connectivity index (χ1n) is 7.46. The molecule has 2 N–H and O–H groups in total. The van der Waals surface area contributed by atoms with Crippen molar-refractivity contribution >= 4 is 5.69 Å². The van der Waals surface area contributed by atoms with E-state index in [1.165, 1.54) is 0 Å². The minimum absolute atomic E-state index is 0.179. The summed E-state index contributed by atoms with van der Waals surface area (Å²) >= 11 is 0. The van der Waals surface area contributed by atoms with E-state index in [2.05, 4.69) is 28.6 Å². The van der Waals surface area contributed by atoms with Gasteiger partial charge < -0.3 is 15.2 Å². The zero-order chi connectivity index (χ0) is 16.0. The van der Waals surface area contributed by atoms with Gasteiger partial charge in [0.2, 0.25) is 0 Å². The lowest BCUT2D eigenvalue weighted by molar-refractivity contribution is 0.395. The molecular weight excluding hydrogens is 290 g/mol. The molecule has 0 spiro atoms. The predicted molar refractivity (Wildman–Crippen MR) is 88.8 cm³/mol. The molecule has 0 saturated carbocycles. The van der Waals surface area contributed by atoms with E-state index in [-0.39, 0.29) is 11.9 Å². The van der Waals surface area contributed by atoms with Gasteiger partial charge in [-0.25, -0.2) is 4.68 Å². The van der Waals surface area contributed by atoms with Gasteiger partial charge in [-0.1, -0.05) is 18.2 Å². The van der Waals surface area contributed by atoms with E-state index >= 15 is 0 Å². The molecule has 0 radical (unpaired) electrons. The van der Waals surface area contributed by atoms with Crippen molar-refractivity contribution in [2.45, 2.75) is 13.1 Å². The van der Waals surface area contributed by atoms with Crippen LogP contribution >= 0.6 is 0 Å². The van der Waals surface area contributed by atoms with Gasteiger partial charge in [-0.2, -0.15) is 5.10 Å². The molecule has 116 valence electrons. The fourth-order valence-corrected chi connectivity index (χ4v) is 3.09. The maximum absolute atomic E-state index is 9.70. The molecule has 0 aliphatic carbocycles. The number of aromatic hydroxyl groups is 1. The van der Waals surface area contributed by atoms with E-state index in [1.807, 2.05) is 29.8 Å². The Labute approximate surface area is 134 Å². The van der Waals surface area contributed by atoms with Crippen LogP contribution < -0.4 is 10.1 Å². The van der Waals surface area contributed by atoms with Gasteiger partial charge in [0.05, 0.1) is 18.5 Å². The van der Waals surface area contributed by atoms with E-state index in [9.17, 15) is 5.11 Å². The van der Waals surface area contributed by atoms with Gasteiger partial charge in [0.15, 0.2) is 6.17 Å². The van der Waals surface area contributed by atoms with E-state index < -0.39 is 0 Å². The number of fused-ring (bicyclic) bond motifs is 3. The molecule has 2 heterocycles. The Kier molecular flexibility index (Phi) is 3.01. The Balaban J connectivity index is 1.92. The van der Waals surface area contributed by atoms with Crippen LogP contribution in [0.5, 0.6) is 11.5 Å². The number of nitrogens with zero attached hydrogens (tertiary/aromatic N) is 2. The Bertz CT molecular complexity index is 886. The van der Waals surface area contributed by atoms with Crippen molar-refractivity contribution in [3.63, 3.8) is 0 Å². The number of hydrogen-bond acceptors (Lipinski definition) is 4. The van der Waals surface area contributed by atoms with Crippen molar-refractivity contribution in [2.24, 2.45) is 0 Å².